The Labute approximate surface area is 144 Å². The SMILES string of the molecule is COC(=O)c1c(N)sc(CN2CCCCCC2)c1-c1cccs1. The molecule has 0 spiro atoms. The topological polar surface area (TPSA) is 55.6 Å². The van der Waals surface area contributed by atoms with E-state index in [9.17, 15) is 4.79 Å². The molecule has 1 fully saturated rings. The summed E-state index contributed by atoms with van der Waals surface area (Å²) >= 11 is 3.16. The normalized spacial score (nSPS) is 16.2. The summed E-state index contributed by atoms with van der Waals surface area (Å²) in [6.07, 6.45) is 5.13. The van der Waals surface area contributed by atoms with Crippen molar-refractivity contribution in [2.24, 2.45) is 0 Å². The Morgan fingerprint density at radius 2 is 2.04 bits per heavy atom. The van der Waals surface area contributed by atoms with E-state index >= 15 is 0 Å². The van der Waals surface area contributed by atoms with Gasteiger partial charge in [0.05, 0.1) is 7.11 Å². The van der Waals surface area contributed by atoms with Gasteiger partial charge in [-0.25, -0.2) is 4.79 Å². The molecule has 23 heavy (non-hydrogen) atoms. The predicted molar refractivity (Wildman–Crippen MR) is 97.1 cm³/mol. The molecule has 2 N–H and O–H groups in total. The molecule has 0 aromatic carbocycles. The first-order valence-corrected chi connectivity index (χ1v) is 9.66. The number of nitrogens with zero attached hydrogens (tertiary/aromatic N) is 1. The third-order valence-electron chi connectivity index (χ3n) is 4.23. The van der Waals surface area contributed by atoms with E-state index in [1.54, 1.807) is 11.3 Å². The highest BCUT2D eigenvalue weighted by Gasteiger charge is 2.26. The van der Waals surface area contributed by atoms with Gasteiger partial charge in [0.1, 0.15) is 10.6 Å². The van der Waals surface area contributed by atoms with Crippen LogP contribution in [-0.4, -0.2) is 31.1 Å². The van der Waals surface area contributed by atoms with Crippen molar-refractivity contribution in [2.75, 3.05) is 25.9 Å². The maximum absolute atomic E-state index is 12.2. The lowest BCUT2D eigenvalue weighted by molar-refractivity contribution is 0.0603. The molecule has 3 rings (SSSR count). The molecule has 0 saturated carbocycles. The molecule has 3 heterocycles. The van der Waals surface area contributed by atoms with Crippen LogP contribution in [0.1, 0.15) is 40.9 Å². The maximum Gasteiger partial charge on any atom is 0.341 e. The maximum atomic E-state index is 12.2. The highest BCUT2D eigenvalue weighted by Crippen LogP contribution is 2.41. The molecule has 2 aromatic heterocycles. The van der Waals surface area contributed by atoms with Gasteiger partial charge in [0.2, 0.25) is 0 Å². The lowest BCUT2D eigenvalue weighted by atomic mass is 10.1. The Morgan fingerprint density at radius 1 is 1.30 bits per heavy atom. The fourth-order valence-corrected chi connectivity index (χ4v) is 5.07. The summed E-state index contributed by atoms with van der Waals surface area (Å²) < 4.78 is 4.96. The van der Waals surface area contributed by atoms with Crippen LogP contribution in [0.4, 0.5) is 5.00 Å². The van der Waals surface area contributed by atoms with Gasteiger partial charge in [-0.1, -0.05) is 18.9 Å². The number of likely N-dealkylation sites (tertiary alicyclic amines) is 1. The molecule has 1 aliphatic rings. The number of thiophene rings is 2. The number of ether oxygens (including phenoxy) is 1. The van der Waals surface area contributed by atoms with Crippen LogP contribution in [0.15, 0.2) is 17.5 Å². The minimum atomic E-state index is -0.343. The number of nitrogens with two attached hydrogens (primary N) is 1. The van der Waals surface area contributed by atoms with E-state index in [1.807, 2.05) is 17.5 Å². The third-order valence-corrected chi connectivity index (χ3v) is 6.12. The van der Waals surface area contributed by atoms with Crippen LogP contribution in [0.5, 0.6) is 0 Å². The highest BCUT2D eigenvalue weighted by molar-refractivity contribution is 7.18. The van der Waals surface area contributed by atoms with Gasteiger partial charge in [0.25, 0.3) is 0 Å². The van der Waals surface area contributed by atoms with E-state index in [1.165, 1.54) is 49.0 Å². The number of methoxy groups -OCH3 is 1. The monoisotopic (exact) mass is 350 g/mol. The van der Waals surface area contributed by atoms with Crippen molar-refractivity contribution in [2.45, 2.75) is 32.2 Å². The molecule has 124 valence electrons. The van der Waals surface area contributed by atoms with Gasteiger partial charge in [-0.05, 0) is 37.4 Å². The van der Waals surface area contributed by atoms with Crippen molar-refractivity contribution in [3.63, 3.8) is 0 Å². The predicted octanol–water partition coefficient (Wildman–Crippen LogP) is 4.22. The van der Waals surface area contributed by atoms with Crippen LogP contribution < -0.4 is 5.73 Å². The van der Waals surface area contributed by atoms with Crippen LogP contribution in [0.25, 0.3) is 10.4 Å². The van der Waals surface area contributed by atoms with Crippen LogP contribution in [-0.2, 0) is 11.3 Å². The van der Waals surface area contributed by atoms with Gasteiger partial charge in [-0.3, -0.25) is 4.90 Å². The average Bonchev–Trinajstić information content (AvgIpc) is 3.09. The Morgan fingerprint density at radius 3 is 2.65 bits per heavy atom. The van der Waals surface area contributed by atoms with Crippen molar-refractivity contribution in [1.29, 1.82) is 0 Å². The van der Waals surface area contributed by atoms with Crippen LogP contribution in [0.2, 0.25) is 0 Å². The Hall–Kier alpha value is -1.37. The van der Waals surface area contributed by atoms with Crippen molar-refractivity contribution in [3.05, 3.63) is 28.0 Å². The first kappa shape index (κ1) is 16.5. The Bertz CT molecular complexity index is 656. The summed E-state index contributed by atoms with van der Waals surface area (Å²) in [6.45, 7) is 3.10. The van der Waals surface area contributed by atoms with Crippen molar-refractivity contribution in [1.82, 2.24) is 4.90 Å². The Kier molecular flexibility index (Phi) is 5.35. The van der Waals surface area contributed by atoms with E-state index in [2.05, 4.69) is 4.90 Å². The van der Waals surface area contributed by atoms with Gasteiger partial charge in [-0.15, -0.1) is 22.7 Å². The fraction of sp³-hybridized carbons (Fsp3) is 0.471. The molecule has 0 radical (unpaired) electrons. The summed E-state index contributed by atoms with van der Waals surface area (Å²) in [7, 11) is 1.41. The summed E-state index contributed by atoms with van der Waals surface area (Å²) in [5.41, 5.74) is 7.67. The van der Waals surface area contributed by atoms with E-state index in [-0.39, 0.29) is 5.97 Å². The van der Waals surface area contributed by atoms with Crippen molar-refractivity contribution >= 4 is 33.6 Å². The number of hydrogen-bond acceptors (Lipinski definition) is 6. The fourth-order valence-electron chi connectivity index (χ4n) is 3.09. The summed E-state index contributed by atoms with van der Waals surface area (Å²) in [5.74, 6) is -0.343. The first-order valence-electron chi connectivity index (χ1n) is 7.96. The number of anilines is 1. The zero-order valence-electron chi connectivity index (χ0n) is 13.3. The average molecular weight is 351 g/mol. The first-order chi connectivity index (χ1) is 11.2. The second-order valence-corrected chi connectivity index (χ2v) is 7.88. The molecule has 1 aliphatic heterocycles. The number of esters is 1. The minimum Gasteiger partial charge on any atom is -0.465 e. The molecule has 1 saturated heterocycles. The van der Waals surface area contributed by atoms with Crippen molar-refractivity contribution < 1.29 is 9.53 Å². The van der Waals surface area contributed by atoms with E-state index in [4.69, 9.17) is 10.5 Å². The summed E-state index contributed by atoms with van der Waals surface area (Å²) in [5, 5.41) is 2.59. The molecule has 0 unspecified atom stereocenters. The van der Waals surface area contributed by atoms with Crippen LogP contribution >= 0.6 is 22.7 Å². The number of nitrogen functional groups attached to an aromatic ring is 1. The number of hydrogen-bond donors (Lipinski definition) is 1. The van der Waals surface area contributed by atoms with Crippen LogP contribution in [0, 0.1) is 0 Å². The molecule has 0 amide bonds. The highest BCUT2D eigenvalue weighted by atomic mass is 32.1. The molecule has 0 aliphatic carbocycles. The smallest absolute Gasteiger partial charge is 0.341 e. The molecule has 0 bridgehead atoms. The second-order valence-electron chi connectivity index (χ2n) is 5.80. The van der Waals surface area contributed by atoms with E-state index < -0.39 is 0 Å². The summed E-state index contributed by atoms with van der Waals surface area (Å²) in [4.78, 5) is 16.9. The zero-order chi connectivity index (χ0) is 16.2. The zero-order valence-corrected chi connectivity index (χ0v) is 15.0. The Balaban J connectivity index is 1.97. The van der Waals surface area contributed by atoms with Gasteiger partial charge in [0.15, 0.2) is 0 Å². The molecule has 0 atom stereocenters. The largest absolute Gasteiger partial charge is 0.465 e. The lowest BCUT2D eigenvalue weighted by Gasteiger charge is -2.19. The van der Waals surface area contributed by atoms with Crippen LogP contribution in [0.3, 0.4) is 0 Å². The van der Waals surface area contributed by atoms with Gasteiger partial charge < -0.3 is 10.5 Å². The molecular weight excluding hydrogens is 328 g/mol. The minimum absolute atomic E-state index is 0.343. The van der Waals surface area contributed by atoms with Crippen molar-refractivity contribution in [3.8, 4) is 10.4 Å². The van der Waals surface area contributed by atoms with E-state index in [0.29, 0.717) is 10.6 Å². The van der Waals surface area contributed by atoms with E-state index in [0.717, 1.165) is 30.1 Å². The number of carbonyl (C=O) groups is 1. The lowest BCUT2D eigenvalue weighted by Crippen LogP contribution is -2.23. The quantitative estimate of drug-likeness (QED) is 0.839. The molecule has 2 aromatic rings. The third kappa shape index (κ3) is 3.59. The van der Waals surface area contributed by atoms with Gasteiger partial charge >= 0.3 is 5.97 Å². The van der Waals surface area contributed by atoms with Gasteiger partial charge in [0, 0.05) is 21.9 Å². The number of rotatable bonds is 4. The molecule has 6 heteroatoms. The molecular formula is C17H22N2O2S2. The standard InChI is InChI=1S/C17H22N2O2S2/c1-21-17(20)15-14(12-7-6-10-22-12)13(23-16(15)18)11-19-8-4-2-3-5-9-19/h6-7,10H,2-5,8-9,11,18H2,1H3. The van der Waals surface area contributed by atoms with Gasteiger partial charge in [-0.2, -0.15) is 0 Å². The second kappa shape index (κ2) is 7.47. The number of carbonyl (C=O) groups excluding carboxylic acids is 1. The molecule has 4 nitrogen and oxygen atoms in total. The summed E-state index contributed by atoms with van der Waals surface area (Å²) in [6, 6.07) is 4.05.